The Balaban J connectivity index is 1.78. The Morgan fingerprint density at radius 2 is 2.16 bits per heavy atom. The van der Waals surface area contributed by atoms with Gasteiger partial charge in [-0.05, 0) is 51.0 Å². The molecule has 2 heterocycles. The molecule has 4 heteroatoms. The number of fused-ring (bicyclic) bond motifs is 1. The number of piperidine rings is 1. The zero-order valence-electron chi connectivity index (χ0n) is 10.9. The van der Waals surface area contributed by atoms with Crippen LogP contribution < -0.4 is 0 Å². The highest BCUT2D eigenvalue weighted by atomic mass is 19.1. The van der Waals surface area contributed by atoms with Crippen molar-refractivity contribution >= 4 is 11.0 Å². The van der Waals surface area contributed by atoms with Crippen molar-refractivity contribution in [2.75, 3.05) is 19.6 Å². The lowest BCUT2D eigenvalue weighted by atomic mass is 9.91. The van der Waals surface area contributed by atoms with Crippen molar-refractivity contribution in [1.29, 1.82) is 0 Å². The number of halogens is 1. The predicted molar refractivity (Wildman–Crippen MR) is 72.4 cm³/mol. The second kappa shape index (κ2) is 5.29. The maximum Gasteiger partial charge on any atom is 0.170 e. The molecule has 0 N–H and O–H groups in total. The SMILES string of the molecule is [CH2]CCN1CCC(c2noc3cc(F)ccc23)CC1. The molecule has 3 rings (SSSR count). The largest absolute Gasteiger partial charge is 0.356 e. The van der Waals surface area contributed by atoms with Gasteiger partial charge in [0.1, 0.15) is 5.82 Å². The van der Waals surface area contributed by atoms with Crippen LogP contribution in [-0.4, -0.2) is 29.7 Å². The van der Waals surface area contributed by atoms with Crippen molar-refractivity contribution in [2.24, 2.45) is 0 Å². The fourth-order valence-corrected chi connectivity index (χ4v) is 2.88. The number of hydrogen-bond acceptors (Lipinski definition) is 3. The summed E-state index contributed by atoms with van der Waals surface area (Å²) in [4.78, 5) is 2.44. The van der Waals surface area contributed by atoms with Crippen LogP contribution in [0.4, 0.5) is 4.39 Å². The highest BCUT2D eigenvalue weighted by molar-refractivity contribution is 5.79. The zero-order chi connectivity index (χ0) is 13.2. The molecular weight excluding hydrogens is 243 g/mol. The molecule has 1 aliphatic rings. The van der Waals surface area contributed by atoms with E-state index < -0.39 is 0 Å². The van der Waals surface area contributed by atoms with E-state index >= 15 is 0 Å². The monoisotopic (exact) mass is 261 g/mol. The first-order valence-electron chi connectivity index (χ1n) is 6.84. The van der Waals surface area contributed by atoms with E-state index in [9.17, 15) is 4.39 Å². The number of benzene rings is 1. The van der Waals surface area contributed by atoms with E-state index in [-0.39, 0.29) is 5.82 Å². The Kier molecular flexibility index (Phi) is 3.51. The highest BCUT2D eigenvalue weighted by Gasteiger charge is 2.24. The van der Waals surface area contributed by atoms with E-state index in [2.05, 4.69) is 17.0 Å². The average Bonchev–Trinajstić information content (AvgIpc) is 2.83. The first kappa shape index (κ1) is 12.6. The van der Waals surface area contributed by atoms with Crippen LogP contribution in [-0.2, 0) is 0 Å². The summed E-state index contributed by atoms with van der Waals surface area (Å²) in [6.45, 7) is 7.12. The van der Waals surface area contributed by atoms with Crippen molar-refractivity contribution in [3.63, 3.8) is 0 Å². The summed E-state index contributed by atoms with van der Waals surface area (Å²) in [6, 6.07) is 4.66. The van der Waals surface area contributed by atoms with Crippen LogP contribution in [0.3, 0.4) is 0 Å². The van der Waals surface area contributed by atoms with E-state index in [1.807, 2.05) is 0 Å². The Morgan fingerprint density at radius 1 is 1.37 bits per heavy atom. The molecular formula is C15H18FN2O. The topological polar surface area (TPSA) is 29.3 Å². The molecule has 1 radical (unpaired) electrons. The molecule has 1 aromatic heterocycles. The van der Waals surface area contributed by atoms with Gasteiger partial charge in [-0.2, -0.15) is 0 Å². The molecule has 1 fully saturated rings. The maximum absolute atomic E-state index is 13.1. The molecule has 1 aliphatic heterocycles. The average molecular weight is 261 g/mol. The van der Waals surface area contributed by atoms with E-state index in [4.69, 9.17) is 4.52 Å². The van der Waals surface area contributed by atoms with Crippen LogP contribution in [0.5, 0.6) is 0 Å². The number of likely N-dealkylation sites (tertiary alicyclic amines) is 1. The van der Waals surface area contributed by atoms with Crippen LogP contribution in [0.15, 0.2) is 22.7 Å². The number of nitrogens with zero attached hydrogens (tertiary/aromatic N) is 2. The fourth-order valence-electron chi connectivity index (χ4n) is 2.88. The summed E-state index contributed by atoms with van der Waals surface area (Å²) in [7, 11) is 0. The summed E-state index contributed by atoms with van der Waals surface area (Å²) in [5.41, 5.74) is 1.54. The fraction of sp³-hybridized carbons (Fsp3) is 0.467. The number of rotatable bonds is 3. The molecule has 0 unspecified atom stereocenters. The van der Waals surface area contributed by atoms with Gasteiger partial charge in [-0.25, -0.2) is 4.39 Å². The molecule has 1 saturated heterocycles. The molecule has 0 saturated carbocycles. The van der Waals surface area contributed by atoms with Gasteiger partial charge in [0.05, 0.1) is 5.69 Å². The minimum atomic E-state index is -0.277. The smallest absolute Gasteiger partial charge is 0.170 e. The first-order chi connectivity index (χ1) is 9.28. The van der Waals surface area contributed by atoms with Gasteiger partial charge in [-0.15, -0.1) is 0 Å². The Labute approximate surface area is 112 Å². The van der Waals surface area contributed by atoms with Crippen LogP contribution >= 0.6 is 0 Å². The molecule has 101 valence electrons. The number of aromatic nitrogens is 1. The van der Waals surface area contributed by atoms with Crippen LogP contribution in [0.1, 0.15) is 30.9 Å². The Hall–Kier alpha value is -1.42. The molecule has 1 aromatic carbocycles. The van der Waals surface area contributed by atoms with Crippen molar-refractivity contribution in [3.05, 3.63) is 36.6 Å². The molecule has 0 spiro atoms. The molecule has 2 aromatic rings. The summed E-state index contributed by atoms with van der Waals surface area (Å²) in [5.74, 6) is 0.147. The van der Waals surface area contributed by atoms with Crippen molar-refractivity contribution in [1.82, 2.24) is 10.1 Å². The summed E-state index contributed by atoms with van der Waals surface area (Å²) in [5, 5.41) is 5.11. The van der Waals surface area contributed by atoms with Crippen LogP contribution in [0.25, 0.3) is 11.0 Å². The third kappa shape index (κ3) is 2.50. The van der Waals surface area contributed by atoms with E-state index in [1.54, 1.807) is 6.07 Å². The minimum absolute atomic E-state index is 0.277. The normalized spacial score (nSPS) is 18.2. The zero-order valence-corrected chi connectivity index (χ0v) is 10.9. The predicted octanol–water partition coefficient (Wildman–Crippen LogP) is 3.37. The van der Waals surface area contributed by atoms with Gasteiger partial charge >= 0.3 is 0 Å². The van der Waals surface area contributed by atoms with Gasteiger partial charge in [0.25, 0.3) is 0 Å². The lowest BCUT2D eigenvalue weighted by molar-refractivity contribution is 0.212. The Bertz CT molecular complexity index is 558. The lowest BCUT2D eigenvalue weighted by Crippen LogP contribution is -2.33. The molecule has 0 amide bonds. The van der Waals surface area contributed by atoms with E-state index in [1.165, 1.54) is 12.1 Å². The summed E-state index contributed by atoms with van der Waals surface area (Å²) >= 11 is 0. The second-order valence-corrected chi connectivity index (χ2v) is 5.18. The van der Waals surface area contributed by atoms with Gasteiger partial charge < -0.3 is 9.42 Å². The quantitative estimate of drug-likeness (QED) is 0.848. The van der Waals surface area contributed by atoms with E-state index in [0.29, 0.717) is 11.5 Å². The molecule has 0 aliphatic carbocycles. The molecule has 0 bridgehead atoms. The molecule has 3 nitrogen and oxygen atoms in total. The summed E-state index contributed by atoms with van der Waals surface area (Å²) in [6.07, 6.45) is 3.12. The van der Waals surface area contributed by atoms with Crippen LogP contribution in [0.2, 0.25) is 0 Å². The lowest BCUT2D eigenvalue weighted by Gasteiger charge is -2.30. The summed E-state index contributed by atoms with van der Waals surface area (Å²) < 4.78 is 18.4. The van der Waals surface area contributed by atoms with Gasteiger partial charge in [0.2, 0.25) is 0 Å². The minimum Gasteiger partial charge on any atom is -0.356 e. The van der Waals surface area contributed by atoms with Gasteiger partial charge in [-0.1, -0.05) is 12.1 Å². The van der Waals surface area contributed by atoms with E-state index in [0.717, 1.165) is 50.0 Å². The Morgan fingerprint density at radius 3 is 2.89 bits per heavy atom. The van der Waals surface area contributed by atoms with Crippen molar-refractivity contribution in [2.45, 2.75) is 25.2 Å². The maximum atomic E-state index is 13.1. The molecule has 0 atom stereocenters. The van der Waals surface area contributed by atoms with Gasteiger partial charge in [-0.3, -0.25) is 0 Å². The third-order valence-corrected chi connectivity index (χ3v) is 3.91. The van der Waals surface area contributed by atoms with Gasteiger partial charge in [0.15, 0.2) is 5.58 Å². The molecule has 19 heavy (non-hydrogen) atoms. The van der Waals surface area contributed by atoms with Crippen molar-refractivity contribution in [3.8, 4) is 0 Å². The number of hydrogen-bond donors (Lipinski definition) is 0. The van der Waals surface area contributed by atoms with Crippen molar-refractivity contribution < 1.29 is 8.91 Å². The third-order valence-electron chi connectivity index (χ3n) is 3.91. The second-order valence-electron chi connectivity index (χ2n) is 5.18. The van der Waals surface area contributed by atoms with Crippen LogP contribution in [0, 0.1) is 12.7 Å². The first-order valence-corrected chi connectivity index (χ1v) is 6.84. The highest BCUT2D eigenvalue weighted by Crippen LogP contribution is 2.32. The van der Waals surface area contributed by atoms with Gasteiger partial charge in [0, 0.05) is 17.4 Å². The standard InChI is InChI=1S/C15H18FN2O/c1-2-7-18-8-5-11(6-9-18)15-13-4-3-12(16)10-14(13)19-17-15/h3-4,10-11H,1-2,5-9H2.